The maximum Gasteiger partial charge on any atom is 0.407 e. The number of aliphatic carboxylic acids is 1. The average molecular weight is 300 g/mol. The molecule has 0 bridgehead atoms. The Morgan fingerprint density at radius 2 is 1.86 bits per heavy atom. The van der Waals surface area contributed by atoms with Gasteiger partial charge in [0.15, 0.2) is 0 Å². The van der Waals surface area contributed by atoms with Crippen LogP contribution < -0.4 is 5.32 Å². The first-order chi connectivity index (χ1) is 9.78. The zero-order valence-electron chi connectivity index (χ0n) is 13.4. The largest absolute Gasteiger partial charge is 0.481 e. The number of hydrogen-bond donors (Lipinski definition) is 2. The van der Waals surface area contributed by atoms with E-state index in [4.69, 9.17) is 9.84 Å². The van der Waals surface area contributed by atoms with Gasteiger partial charge in [0.25, 0.3) is 0 Å². The summed E-state index contributed by atoms with van der Waals surface area (Å²) in [6, 6.07) is 0. The molecule has 0 atom stereocenters. The molecule has 0 saturated carbocycles. The molecule has 0 aromatic carbocycles. The third-order valence-electron chi connectivity index (χ3n) is 3.51. The van der Waals surface area contributed by atoms with Gasteiger partial charge in [0.2, 0.25) is 0 Å². The van der Waals surface area contributed by atoms with E-state index in [0.717, 1.165) is 45.3 Å². The third kappa shape index (κ3) is 7.90. The lowest BCUT2D eigenvalue weighted by molar-refractivity contribution is -0.143. The van der Waals surface area contributed by atoms with Crippen molar-refractivity contribution in [3.05, 3.63) is 0 Å². The molecule has 0 unspecified atom stereocenters. The van der Waals surface area contributed by atoms with Crippen molar-refractivity contribution < 1.29 is 19.4 Å². The number of carboxylic acids is 1. The quantitative estimate of drug-likeness (QED) is 0.734. The molecule has 6 heteroatoms. The van der Waals surface area contributed by atoms with E-state index in [2.05, 4.69) is 10.2 Å². The standard InChI is InChI=1S/C15H28N2O4/c1-15(2,3)21-14(20)16-8-4-5-9-17-10-6-12(7-11-17)13(18)19/h12H,4-11H2,1-3H3,(H,16,20)(H,18,19). The van der Waals surface area contributed by atoms with Crippen LogP contribution in [0.1, 0.15) is 46.5 Å². The number of alkyl carbamates (subject to hydrolysis) is 1. The van der Waals surface area contributed by atoms with Gasteiger partial charge in [-0.15, -0.1) is 0 Å². The molecule has 0 spiro atoms. The van der Waals surface area contributed by atoms with Crippen LogP contribution in [-0.4, -0.2) is 53.8 Å². The van der Waals surface area contributed by atoms with Gasteiger partial charge >= 0.3 is 12.1 Å². The maximum atomic E-state index is 11.4. The predicted molar refractivity (Wildman–Crippen MR) is 80.3 cm³/mol. The van der Waals surface area contributed by atoms with Gasteiger partial charge in [-0.1, -0.05) is 0 Å². The Bertz CT molecular complexity index is 344. The maximum absolute atomic E-state index is 11.4. The third-order valence-corrected chi connectivity index (χ3v) is 3.51. The first-order valence-electron chi connectivity index (χ1n) is 7.70. The summed E-state index contributed by atoms with van der Waals surface area (Å²) in [6.07, 6.45) is 3.01. The fourth-order valence-corrected chi connectivity index (χ4v) is 2.37. The van der Waals surface area contributed by atoms with E-state index in [1.807, 2.05) is 20.8 Å². The highest BCUT2D eigenvalue weighted by Gasteiger charge is 2.23. The van der Waals surface area contributed by atoms with Crippen LogP contribution in [0.5, 0.6) is 0 Å². The lowest BCUT2D eigenvalue weighted by atomic mass is 9.97. The van der Waals surface area contributed by atoms with E-state index in [1.165, 1.54) is 0 Å². The second-order valence-corrected chi connectivity index (χ2v) is 6.59. The van der Waals surface area contributed by atoms with Gasteiger partial charge in [-0.25, -0.2) is 4.79 Å². The lowest BCUT2D eigenvalue weighted by Gasteiger charge is -2.29. The molecule has 0 aliphatic carbocycles. The molecular weight excluding hydrogens is 272 g/mol. The van der Waals surface area contributed by atoms with Crippen molar-refractivity contribution in [2.75, 3.05) is 26.2 Å². The Labute approximate surface area is 126 Å². The summed E-state index contributed by atoms with van der Waals surface area (Å²) in [5, 5.41) is 11.7. The molecule has 1 heterocycles. The highest BCUT2D eigenvalue weighted by atomic mass is 16.6. The van der Waals surface area contributed by atoms with Crippen molar-refractivity contribution in [3.8, 4) is 0 Å². The number of carboxylic acid groups (broad SMARTS) is 1. The molecule has 1 rings (SSSR count). The van der Waals surface area contributed by atoms with Crippen molar-refractivity contribution in [1.82, 2.24) is 10.2 Å². The molecule has 1 aliphatic rings. The number of likely N-dealkylation sites (tertiary alicyclic amines) is 1. The summed E-state index contributed by atoms with van der Waals surface area (Å²) in [5.41, 5.74) is -0.460. The van der Waals surface area contributed by atoms with Gasteiger partial charge in [0.05, 0.1) is 5.92 Å². The van der Waals surface area contributed by atoms with E-state index < -0.39 is 11.6 Å². The number of ether oxygens (including phenoxy) is 1. The molecule has 0 aromatic rings. The van der Waals surface area contributed by atoms with E-state index in [1.54, 1.807) is 0 Å². The minimum Gasteiger partial charge on any atom is -0.481 e. The highest BCUT2D eigenvalue weighted by Crippen LogP contribution is 2.17. The predicted octanol–water partition coefficient (Wildman–Crippen LogP) is 2.09. The Balaban J connectivity index is 2.03. The van der Waals surface area contributed by atoms with E-state index in [0.29, 0.717) is 6.54 Å². The molecule has 21 heavy (non-hydrogen) atoms. The van der Waals surface area contributed by atoms with Crippen LogP contribution >= 0.6 is 0 Å². The zero-order chi connectivity index (χ0) is 15.9. The first kappa shape index (κ1) is 17.8. The Kier molecular flexibility index (Phi) is 6.95. The number of unbranched alkanes of at least 4 members (excludes halogenated alkanes) is 1. The van der Waals surface area contributed by atoms with Crippen molar-refractivity contribution >= 4 is 12.1 Å². The highest BCUT2D eigenvalue weighted by molar-refractivity contribution is 5.70. The molecule has 6 nitrogen and oxygen atoms in total. The molecular formula is C15H28N2O4. The van der Waals surface area contributed by atoms with Gasteiger partial charge in [0, 0.05) is 6.54 Å². The molecule has 0 aromatic heterocycles. The van der Waals surface area contributed by atoms with Crippen LogP contribution in [0.2, 0.25) is 0 Å². The van der Waals surface area contributed by atoms with Crippen molar-refractivity contribution in [2.45, 2.75) is 52.1 Å². The number of amides is 1. The Morgan fingerprint density at radius 1 is 1.24 bits per heavy atom. The average Bonchev–Trinajstić information content (AvgIpc) is 2.36. The number of nitrogens with zero attached hydrogens (tertiary/aromatic N) is 1. The number of carbonyl (C=O) groups excluding carboxylic acids is 1. The van der Waals surface area contributed by atoms with E-state index in [9.17, 15) is 9.59 Å². The molecule has 1 amide bonds. The second kappa shape index (κ2) is 8.22. The van der Waals surface area contributed by atoms with Crippen molar-refractivity contribution in [1.29, 1.82) is 0 Å². The van der Waals surface area contributed by atoms with Crippen LogP contribution in [0, 0.1) is 5.92 Å². The molecule has 2 N–H and O–H groups in total. The van der Waals surface area contributed by atoms with Crippen LogP contribution in [0.4, 0.5) is 4.79 Å². The molecule has 1 aliphatic heterocycles. The topological polar surface area (TPSA) is 78.9 Å². The summed E-state index contributed by atoms with van der Waals surface area (Å²) in [5.74, 6) is -0.841. The van der Waals surface area contributed by atoms with Gasteiger partial charge in [-0.05, 0) is 66.1 Å². The Morgan fingerprint density at radius 3 is 2.38 bits per heavy atom. The van der Waals surface area contributed by atoms with Gasteiger partial charge in [-0.2, -0.15) is 0 Å². The number of nitrogens with one attached hydrogen (secondary N) is 1. The van der Waals surface area contributed by atoms with Crippen LogP contribution in [0.25, 0.3) is 0 Å². The fourth-order valence-electron chi connectivity index (χ4n) is 2.37. The van der Waals surface area contributed by atoms with Crippen LogP contribution in [0.3, 0.4) is 0 Å². The second-order valence-electron chi connectivity index (χ2n) is 6.59. The number of rotatable bonds is 6. The van der Waals surface area contributed by atoms with Gasteiger partial charge < -0.3 is 20.1 Å². The van der Waals surface area contributed by atoms with Crippen LogP contribution in [-0.2, 0) is 9.53 Å². The molecule has 1 fully saturated rings. The number of hydrogen-bond acceptors (Lipinski definition) is 4. The summed E-state index contributed by atoms with van der Waals surface area (Å²) >= 11 is 0. The van der Waals surface area contributed by atoms with Gasteiger partial charge in [0.1, 0.15) is 5.60 Å². The lowest BCUT2D eigenvalue weighted by Crippen LogP contribution is -2.37. The number of piperidine rings is 1. The van der Waals surface area contributed by atoms with E-state index >= 15 is 0 Å². The summed E-state index contributed by atoms with van der Waals surface area (Å²) in [4.78, 5) is 24.6. The Hall–Kier alpha value is -1.30. The van der Waals surface area contributed by atoms with E-state index in [-0.39, 0.29) is 12.0 Å². The van der Waals surface area contributed by atoms with Crippen molar-refractivity contribution in [2.24, 2.45) is 5.92 Å². The summed E-state index contributed by atoms with van der Waals surface area (Å²) in [6.45, 7) is 8.81. The summed E-state index contributed by atoms with van der Waals surface area (Å²) in [7, 11) is 0. The van der Waals surface area contributed by atoms with Gasteiger partial charge in [-0.3, -0.25) is 4.79 Å². The fraction of sp³-hybridized carbons (Fsp3) is 0.867. The molecule has 0 radical (unpaired) electrons. The molecule has 122 valence electrons. The summed E-state index contributed by atoms with van der Waals surface area (Å²) < 4.78 is 5.15. The normalized spacial score (nSPS) is 17.5. The molecule has 1 saturated heterocycles. The minimum absolute atomic E-state index is 0.171. The zero-order valence-corrected chi connectivity index (χ0v) is 13.4. The SMILES string of the molecule is CC(C)(C)OC(=O)NCCCCN1CCC(C(=O)O)CC1. The first-order valence-corrected chi connectivity index (χ1v) is 7.70. The smallest absolute Gasteiger partial charge is 0.407 e. The van der Waals surface area contributed by atoms with Crippen molar-refractivity contribution in [3.63, 3.8) is 0 Å². The number of carbonyl (C=O) groups is 2. The minimum atomic E-state index is -0.670. The monoisotopic (exact) mass is 300 g/mol. The van der Waals surface area contributed by atoms with Crippen LogP contribution in [0.15, 0.2) is 0 Å².